The number of benzene rings is 1. The van der Waals surface area contributed by atoms with Gasteiger partial charge in [-0.25, -0.2) is 6.57 Å². The first-order chi connectivity index (χ1) is 20.4. The summed E-state index contributed by atoms with van der Waals surface area (Å²) in [5, 5.41) is 2.81. The Labute approximate surface area is 257 Å². The van der Waals surface area contributed by atoms with Gasteiger partial charge in [0.15, 0.2) is 0 Å². The first-order valence-corrected chi connectivity index (χ1v) is 16.3. The number of halogens is 2. The van der Waals surface area contributed by atoms with Gasteiger partial charge in [0.05, 0.1) is 11.4 Å². The monoisotopic (exact) mass is 653 g/mol. The molecule has 0 saturated carbocycles. The highest BCUT2D eigenvalue weighted by molar-refractivity contribution is 7.52. The molecule has 0 aliphatic carbocycles. The molecule has 3 N–H and O–H groups in total. The first kappa shape index (κ1) is 33.5. The molecule has 44 heavy (non-hydrogen) atoms. The van der Waals surface area contributed by atoms with Crippen LogP contribution in [0.25, 0.3) is 14.9 Å². The Bertz CT molecular complexity index is 1590. The van der Waals surface area contributed by atoms with Crippen LogP contribution in [0.1, 0.15) is 55.3 Å². The molecule has 0 radical (unpaired) electrons. The molecule has 2 saturated heterocycles. The van der Waals surface area contributed by atoms with Gasteiger partial charge in [-0.1, -0.05) is 6.07 Å². The van der Waals surface area contributed by atoms with Crippen LogP contribution in [0.4, 0.5) is 8.78 Å². The van der Waals surface area contributed by atoms with E-state index in [0.29, 0.717) is 30.5 Å². The van der Waals surface area contributed by atoms with Crippen molar-refractivity contribution < 1.29 is 42.3 Å². The topological polar surface area (TPSA) is 152 Å². The van der Waals surface area contributed by atoms with E-state index in [1.807, 2.05) is 0 Å². The molecule has 4 rings (SSSR count). The number of alkyl halides is 2. The van der Waals surface area contributed by atoms with Crippen LogP contribution in [0.2, 0.25) is 0 Å². The molecule has 16 heteroatoms. The van der Waals surface area contributed by atoms with E-state index in [0.717, 1.165) is 23.5 Å². The Balaban J connectivity index is 1.61. The molecule has 0 unspecified atom stereocenters. The van der Waals surface area contributed by atoms with Crippen molar-refractivity contribution in [2.24, 2.45) is 0 Å². The molecule has 4 amide bonds. The van der Waals surface area contributed by atoms with E-state index in [4.69, 9.17) is 16.4 Å². The molecule has 2 aliphatic rings. The maximum atomic E-state index is 14.3. The lowest BCUT2D eigenvalue weighted by Crippen LogP contribution is -2.61. The standard InChI is InChI=1S/C28H34F2N5O7PS/c1-16(36)34-11-10-19-7-8-21(26(39)33(5)15-27(2,3)31-4)35(19)25(38)20(14-34)32-24(37)23-13-17-12-18(6-9-22(17)44-23)28(29,30)43(40,41)42/h6,9,12-13,19-21H,7-8,10-11,14-15H2,1-3,5H3,(H,32,37)(H2,40,41,42)/t19-,20+,21+/m1/s1. The van der Waals surface area contributed by atoms with Gasteiger partial charge in [0.25, 0.3) is 5.91 Å². The summed E-state index contributed by atoms with van der Waals surface area (Å²) in [5.41, 5.74) is -6.15. The van der Waals surface area contributed by atoms with Gasteiger partial charge in [0, 0.05) is 57.2 Å². The fraction of sp³-hybridized carbons (Fsp3) is 0.536. The second-order valence-corrected chi connectivity index (χ2v) is 14.6. The van der Waals surface area contributed by atoms with Gasteiger partial charge >= 0.3 is 13.3 Å². The second kappa shape index (κ2) is 12.2. The molecule has 238 valence electrons. The summed E-state index contributed by atoms with van der Waals surface area (Å²) < 4.78 is 40.3. The van der Waals surface area contributed by atoms with Crippen LogP contribution in [0, 0.1) is 6.57 Å². The molecule has 2 aliphatic heterocycles. The Morgan fingerprint density at radius 2 is 1.89 bits per heavy atom. The SMILES string of the molecule is [C-]#[N+]C(C)(C)CN(C)C(=O)[C@@H]1CC[C@@H]2CCN(C(C)=O)C[C@H](NC(=O)c3cc4cc(C(F)(F)P(=O)(O)O)ccc4s3)C(=O)N21. The van der Waals surface area contributed by atoms with E-state index < -0.39 is 48.3 Å². The Morgan fingerprint density at radius 3 is 2.50 bits per heavy atom. The van der Waals surface area contributed by atoms with Gasteiger partial charge < -0.3 is 34.6 Å². The number of likely N-dealkylation sites (N-methyl/N-ethyl adjacent to an activating group) is 1. The lowest BCUT2D eigenvalue weighted by Gasteiger charge is -2.39. The fourth-order valence-electron chi connectivity index (χ4n) is 5.70. The molecule has 1 aromatic heterocycles. The number of nitrogens with zero attached hydrogens (tertiary/aromatic N) is 4. The van der Waals surface area contributed by atoms with Crippen LogP contribution in [0.15, 0.2) is 24.3 Å². The smallest absolute Gasteiger partial charge is 0.340 e. The van der Waals surface area contributed by atoms with Crippen molar-refractivity contribution in [2.75, 3.05) is 26.7 Å². The highest BCUT2D eigenvalue weighted by Crippen LogP contribution is 2.59. The van der Waals surface area contributed by atoms with Crippen LogP contribution >= 0.6 is 18.9 Å². The molecular weight excluding hydrogens is 619 g/mol. The normalized spacial score (nSPS) is 21.3. The van der Waals surface area contributed by atoms with Gasteiger partial charge in [0.1, 0.15) is 12.1 Å². The minimum atomic E-state index is -5.80. The maximum absolute atomic E-state index is 14.3. The molecule has 1 aromatic carbocycles. The number of hydrogen-bond donors (Lipinski definition) is 3. The van der Waals surface area contributed by atoms with E-state index in [1.165, 1.54) is 33.8 Å². The largest absolute Gasteiger partial charge is 0.399 e. The van der Waals surface area contributed by atoms with Gasteiger partial charge in [-0.2, -0.15) is 8.78 Å². The number of amides is 4. The average Bonchev–Trinajstić information content (AvgIpc) is 3.55. The van der Waals surface area contributed by atoms with E-state index in [9.17, 15) is 32.5 Å². The fourth-order valence-corrected chi connectivity index (χ4v) is 7.12. The number of thiophene rings is 1. The summed E-state index contributed by atoms with van der Waals surface area (Å²) in [6, 6.07) is 1.92. The van der Waals surface area contributed by atoms with E-state index in [1.54, 1.807) is 20.9 Å². The van der Waals surface area contributed by atoms with Crippen molar-refractivity contribution in [1.29, 1.82) is 0 Å². The van der Waals surface area contributed by atoms with E-state index >= 15 is 0 Å². The van der Waals surface area contributed by atoms with Crippen LogP contribution in [-0.4, -0.2) is 98.5 Å². The lowest BCUT2D eigenvalue weighted by molar-refractivity contribution is -0.148. The van der Waals surface area contributed by atoms with Crippen LogP contribution < -0.4 is 5.32 Å². The van der Waals surface area contributed by atoms with Gasteiger partial charge in [-0.3, -0.25) is 23.7 Å². The van der Waals surface area contributed by atoms with E-state index in [2.05, 4.69) is 10.2 Å². The minimum absolute atomic E-state index is 0.0487. The molecular formula is C28H34F2N5O7PS. The summed E-state index contributed by atoms with van der Waals surface area (Å²) in [6.07, 6.45) is 1.36. The number of carbonyl (C=O) groups excluding carboxylic acids is 4. The van der Waals surface area contributed by atoms with E-state index in [-0.39, 0.29) is 41.2 Å². The predicted octanol–water partition coefficient (Wildman–Crippen LogP) is 2.99. The third-order valence-corrected chi connectivity index (χ3v) is 10.1. The zero-order valence-corrected chi connectivity index (χ0v) is 26.3. The number of fused-ring (bicyclic) bond motifs is 2. The molecule has 2 fully saturated rings. The van der Waals surface area contributed by atoms with Crippen molar-refractivity contribution in [2.45, 2.75) is 69.4 Å². The zero-order chi connectivity index (χ0) is 32.8. The van der Waals surface area contributed by atoms with Crippen molar-refractivity contribution in [1.82, 2.24) is 20.0 Å². The molecule has 3 heterocycles. The molecule has 0 bridgehead atoms. The highest BCUT2D eigenvalue weighted by atomic mass is 32.1. The Kier molecular flexibility index (Phi) is 9.24. The van der Waals surface area contributed by atoms with Crippen LogP contribution in [0.5, 0.6) is 0 Å². The molecule has 2 aromatic rings. The zero-order valence-electron chi connectivity index (χ0n) is 24.6. The molecule has 12 nitrogen and oxygen atoms in total. The lowest BCUT2D eigenvalue weighted by atomic mass is 10.1. The van der Waals surface area contributed by atoms with Crippen molar-refractivity contribution in [3.05, 3.63) is 46.1 Å². The predicted molar refractivity (Wildman–Crippen MR) is 158 cm³/mol. The average molecular weight is 654 g/mol. The van der Waals surface area contributed by atoms with Crippen LogP contribution in [-0.2, 0) is 24.6 Å². The van der Waals surface area contributed by atoms with Gasteiger partial charge in [-0.05, 0) is 42.8 Å². The van der Waals surface area contributed by atoms with Crippen LogP contribution in [0.3, 0.4) is 0 Å². The van der Waals surface area contributed by atoms with Crippen molar-refractivity contribution >= 4 is 52.6 Å². The molecule has 0 spiro atoms. The summed E-state index contributed by atoms with van der Waals surface area (Å²) in [7, 11) is -4.22. The third-order valence-electron chi connectivity index (χ3n) is 7.98. The summed E-state index contributed by atoms with van der Waals surface area (Å²) in [5.74, 6) is -1.86. The number of carbonyl (C=O) groups is 4. The Hall–Kier alpha value is -3.44. The summed E-state index contributed by atoms with van der Waals surface area (Å²) in [6.45, 7) is 12.5. The highest BCUT2D eigenvalue weighted by Gasteiger charge is 2.50. The number of nitrogens with one attached hydrogen (secondary N) is 1. The number of rotatable bonds is 7. The Morgan fingerprint density at radius 1 is 1.20 bits per heavy atom. The minimum Gasteiger partial charge on any atom is -0.340 e. The summed E-state index contributed by atoms with van der Waals surface area (Å²) in [4.78, 5) is 79.4. The maximum Gasteiger partial charge on any atom is 0.399 e. The van der Waals surface area contributed by atoms with Crippen molar-refractivity contribution in [3.63, 3.8) is 0 Å². The second-order valence-electron chi connectivity index (χ2n) is 11.8. The van der Waals surface area contributed by atoms with Crippen molar-refractivity contribution in [3.8, 4) is 0 Å². The quantitative estimate of drug-likeness (QED) is 0.307. The first-order valence-electron chi connectivity index (χ1n) is 13.9. The van der Waals surface area contributed by atoms with Gasteiger partial charge in [0.2, 0.25) is 23.3 Å². The molecule has 3 atom stereocenters. The summed E-state index contributed by atoms with van der Waals surface area (Å²) >= 11 is 0.933. The third kappa shape index (κ3) is 6.63. The number of hydrogen-bond acceptors (Lipinski definition) is 6. The van der Waals surface area contributed by atoms with Gasteiger partial charge in [-0.15, -0.1) is 11.3 Å².